The molecule has 1 heterocycles. The molecule has 0 aromatic carbocycles. The average Bonchev–Trinajstić information content (AvgIpc) is 2.61. The summed E-state index contributed by atoms with van der Waals surface area (Å²) in [6.45, 7) is 0. The smallest absolute Gasteiger partial charge is 0.345 e. The van der Waals surface area contributed by atoms with Crippen LogP contribution >= 0.6 is 15.8 Å². The summed E-state index contributed by atoms with van der Waals surface area (Å²) in [5.41, 5.74) is 0. The molecule has 1 fully saturated rings. The lowest BCUT2D eigenvalue weighted by atomic mass is 10.6. The van der Waals surface area contributed by atoms with E-state index in [1.165, 1.54) is 4.90 Å². The number of hydrogen-bond acceptors (Lipinski definition) is 4. The molecule has 3 unspecified atom stereocenters. The fourth-order valence-electron chi connectivity index (χ4n) is 1.11. The average molecular weight is 245 g/mol. The summed E-state index contributed by atoms with van der Waals surface area (Å²) in [5, 5.41) is 4.76. The molecular weight excluding hydrogens is 232 g/mol. The molecule has 0 saturated carbocycles. The van der Waals surface area contributed by atoms with E-state index in [9.17, 15) is 9.13 Å². The molecule has 5 N–H and O–H groups in total. The van der Waals surface area contributed by atoms with E-state index in [1.807, 2.05) is 5.09 Å². The second-order valence-corrected chi connectivity index (χ2v) is 5.52. The highest BCUT2D eigenvalue weighted by molar-refractivity contribution is 7.49. The molecule has 0 bridgehead atoms. The van der Waals surface area contributed by atoms with E-state index in [1.54, 1.807) is 7.05 Å². The van der Waals surface area contributed by atoms with E-state index in [0.29, 0.717) is 0 Å². The van der Waals surface area contributed by atoms with Crippen LogP contribution in [0.25, 0.3) is 0 Å². The third kappa shape index (κ3) is 4.16. The Kier molecular flexibility index (Phi) is 3.85. The quantitative estimate of drug-likeness (QED) is 0.285. The van der Waals surface area contributed by atoms with E-state index in [4.69, 9.17) is 14.7 Å². The van der Waals surface area contributed by atoms with Crippen LogP contribution in [0.4, 0.5) is 0 Å². The predicted octanol–water partition coefficient (Wildman–Crippen LogP) is -1.72. The number of likely N-dealkylation sites (N-methyl/N-ethyl adjacent to an activating group) is 1. The van der Waals surface area contributed by atoms with Gasteiger partial charge in [0.25, 0.3) is 0 Å². The number of rotatable bonds is 5. The minimum absolute atomic E-state index is 0.00166. The monoisotopic (exact) mass is 245 g/mol. The molecule has 0 spiro atoms. The summed E-state index contributed by atoms with van der Waals surface area (Å²) >= 11 is 0. The highest BCUT2D eigenvalue weighted by atomic mass is 31.2. The molecule has 1 rings (SSSR count). The standard InChI is InChI=1S/C4H13N3O5P2/c1-7(2-13(8)9)4-3(5-4)6-14(10,11)12/h3-5,13H,2H2,1H3,(H,8,9)(H3,6,10,11,12). The summed E-state index contributed by atoms with van der Waals surface area (Å²) < 4.78 is 21.0. The molecule has 8 nitrogen and oxygen atoms in total. The molecule has 1 saturated heterocycles. The fraction of sp³-hybridized carbons (Fsp3) is 1.00. The lowest BCUT2D eigenvalue weighted by molar-refractivity contribution is 0.332. The maximum atomic E-state index is 10.5. The van der Waals surface area contributed by atoms with E-state index in [0.717, 1.165) is 0 Å². The van der Waals surface area contributed by atoms with Crippen molar-refractivity contribution < 1.29 is 23.8 Å². The summed E-state index contributed by atoms with van der Waals surface area (Å²) in [7, 11) is -5.24. The maximum absolute atomic E-state index is 10.5. The van der Waals surface area contributed by atoms with Crippen molar-refractivity contribution >= 4 is 15.8 Å². The minimum Gasteiger partial charge on any atom is -0.345 e. The molecule has 0 aromatic heterocycles. The molecule has 0 radical (unpaired) electrons. The van der Waals surface area contributed by atoms with Crippen molar-refractivity contribution in [3.8, 4) is 0 Å². The number of nitrogens with one attached hydrogen (secondary N) is 2. The zero-order valence-corrected chi connectivity index (χ0v) is 9.31. The van der Waals surface area contributed by atoms with Crippen LogP contribution in [0, 0.1) is 0 Å². The molecule has 3 atom stereocenters. The van der Waals surface area contributed by atoms with Crippen LogP contribution in [-0.2, 0) is 9.13 Å². The zero-order chi connectivity index (χ0) is 10.9. The van der Waals surface area contributed by atoms with Crippen LogP contribution in [0.15, 0.2) is 0 Å². The SMILES string of the molecule is CN(C[PH](=O)O)C1NC1NP(=O)(O)O. The Morgan fingerprint density at radius 3 is 2.64 bits per heavy atom. The second kappa shape index (κ2) is 4.38. The van der Waals surface area contributed by atoms with Gasteiger partial charge in [0, 0.05) is 0 Å². The van der Waals surface area contributed by atoms with Crippen LogP contribution in [-0.4, -0.2) is 45.2 Å². The van der Waals surface area contributed by atoms with Crippen LogP contribution in [0.1, 0.15) is 0 Å². The van der Waals surface area contributed by atoms with Gasteiger partial charge in [-0.05, 0) is 7.05 Å². The molecule has 10 heteroatoms. The Hall–Kier alpha value is 0.220. The van der Waals surface area contributed by atoms with E-state index in [2.05, 4.69) is 5.32 Å². The lowest BCUT2D eigenvalue weighted by Gasteiger charge is -2.12. The first kappa shape index (κ1) is 12.3. The highest BCUT2D eigenvalue weighted by Gasteiger charge is 2.42. The zero-order valence-electron chi connectivity index (χ0n) is 7.41. The van der Waals surface area contributed by atoms with Crippen molar-refractivity contribution in [1.82, 2.24) is 15.3 Å². The van der Waals surface area contributed by atoms with Gasteiger partial charge in [0.05, 0.1) is 18.6 Å². The van der Waals surface area contributed by atoms with Gasteiger partial charge in [-0.1, -0.05) is 0 Å². The topological polar surface area (TPSA) is 132 Å². The van der Waals surface area contributed by atoms with E-state index < -0.39 is 21.9 Å². The highest BCUT2D eigenvalue weighted by Crippen LogP contribution is 2.32. The number of hydrogen-bond donors (Lipinski definition) is 5. The predicted molar refractivity (Wildman–Crippen MR) is 49.7 cm³/mol. The molecule has 0 aromatic rings. The third-order valence-electron chi connectivity index (χ3n) is 1.72. The van der Waals surface area contributed by atoms with Gasteiger partial charge < -0.3 is 14.7 Å². The van der Waals surface area contributed by atoms with Gasteiger partial charge in [0.2, 0.25) is 8.03 Å². The van der Waals surface area contributed by atoms with Crippen molar-refractivity contribution in [1.29, 1.82) is 0 Å². The first-order valence-corrected chi connectivity index (χ1v) is 6.98. The molecular formula is C4H13N3O5P2. The molecule has 1 aliphatic rings. The van der Waals surface area contributed by atoms with Gasteiger partial charge in [-0.2, -0.15) is 0 Å². The van der Waals surface area contributed by atoms with Crippen molar-refractivity contribution in [2.75, 3.05) is 13.3 Å². The maximum Gasteiger partial charge on any atom is 0.401 e. The number of nitrogens with zero attached hydrogens (tertiary/aromatic N) is 1. The Bertz CT molecular complexity index is 280. The van der Waals surface area contributed by atoms with Crippen LogP contribution in [0.3, 0.4) is 0 Å². The van der Waals surface area contributed by atoms with Crippen LogP contribution in [0.5, 0.6) is 0 Å². The van der Waals surface area contributed by atoms with E-state index in [-0.39, 0.29) is 12.5 Å². The first-order chi connectivity index (χ1) is 6.29. The Balaban J connectivity index is 2.32. The van der Waals surface area contributed by atoms with Crippen molar-refractivity contribution in [3.63, 3.8) is 0 Å². The third-order valence-corrected chi connectivity index (χ3v) is 3.11. The van der Waals surface area contributed by atoms with Gasteiger partial charge in [-0.15, -0.1) is 0 Å². The van der Waals surface area contributed by atoms with Gasteiger partial charge >= 0.3 is 7.75 Å². The van der Waals surface area contributed by atoms with Crippen LogP contribution < -0.4 is 10.4 Å². The normalized spacial score (nSPS) is 29.2. The second-order valence-electron chi connectivity index (χ2n) is 3.07. The summed E-state index contributed by atoms with van der Waals surface area (Å²) in [4.78, 5) is 27.2. The largest absolute Gasteiger partial charge is 0.401 e. The first-order valence-electron chi connectivity index (χ1n) is 3.81. The van der Waals surface area contributed by atoms with Gasteiger partial charge in [0.1, 0.15) is 0 Å². The minimum atomic E-state index is -4.24. The molecule has 0 aliphatic carbocycles. The van der Waals surface area contributed by atoms with Gasteiger partial charge in [-0.25, -0.2) is 9.65 Å². The lowest BCUT2D eigenvalue weighted by Crippen LogP contribution is -2.27. The molecule has 0 amide bonds. The van der Waals surface area contributed by atoms with Gasteiger partial charge in [-0.3, -0.25) is 14.8 Å². The molecule has 1 aliphatic heterocycles. The van der Waals surface area contributed by atoms with Crippen molar-refractivity contribution in [3.05, 3.63) is 0 Å². The Labute approximate surface area is 81.4 Å². The van der Waals surface area contributed by atoms with Crippen molar-refractivity contribution in [2.24, 2.45) is 0 Å². The molecule has 14 heavy (non-hydrogen) atoms. The Morgan fingerprint density at radius 2 is 2.21 bits per heavy atom. The van der Waals surface area contributed by atoms with Crippen molar-refractivity contribution in [2.45, 2.75) is 12.3 Å². The fourth-order valence-corrected chi connectivity index (χ4v) is 2.31. The Morgan fingerprint density at radius 1 is 1.64 bits per heavy atom. The summed E-state index contributed by atoms with van der Waals surface area (Å²) in [6, 6.07) is 0. The molecule has 84 valence electrons. The van der Waals surface area contributed by atoms with E-state index >= 15 is 0 Å². The van der Waals surface area contributed by atoms with Gasteiger partial charge in [0.15, 0.2) is 0 Å². The van der Waals surface area contributed by atoms with Crippen LogP contribution in [0.2, 0.25) is 0 Å². The summed E-state index contributed by atoms with van der Waals surface area (Å²) in [5.74, 6) is 0. The summed E-state index contributed by atoms with van der Waals surface area (Å²) in [6.07, 6.45) is -0.826.